The first-order chi connectivity index (χ1) is 19.0. The Morgan fingerprint density at radius 3 is 1.69 bits per heavy atom. The van der Waals surface area contributed by atoms with Crippen molar-refractivity contribution >= 4 is 98.8 Å². The van der Waals surface area contributed by atoms with Crippen LogP contribution in [0, 0.1) is 0 Å². The van der Waals surface area contributed by atoms with Gasteiger partial charge in [0.15, 0.2) is 5.12 Å². The van der Waals surface area contributed by atoms with Gasteiger partial charge in [0.1, 0.15) is 24.7 Å². The molecule has 0 saturated carbocycles. The minimum atomic E-state index is -0.835. The van der Waals surface area contributed by atoms with E-state index in [0.717, 1.165) is 29.4 Å². The third kappa shape index (κ3) is 31.7. The van der Waals surface area contributed by atoms with Gasteiger partial charge in [-0.15, -0.1) is 0 Å². The Hall–Kier alpha value is 0.940. The summed E-state index contributed by atoms with van der Waals surface area (Å²) in [6, 6.07) is 0. The Morgan fingerprint density at radius 2 is 1.10 bits per heavy atom. The smallest absolute Gasteiger partial charge is 0.306 e. The van der Waals surface area contributed by atoms with Crippen LogP contribution in [0.3, 0.4) is 0 Å². The van der Waals surface area contributed by atoms with Gasteiger partial charge < -0.3 is 24.2 Å². The maximum atomic E-state index is 12.1. The van der Waals surface area contributed by atoms with Crippen molar-refractivity contribution in [2.75, 3.05) is 101 Å². The molecule has 0 aromatic rings. The lowest BCUT2D eigenvalue weighted by molar-refractivity contribution is -0.143. The molecule has 39 heavy (non-hydrogen) atoms. The SMILES string of the molecule is O=C(CCSCCC[S+]([O-])CCSCCSC(=O)CCSCCC(=O)OCCSCCO)OCCSCCO. The third-order valence-corrected chi connectivity index (χ3v) is 12.2. The molecular weight excluding hydrogens is 641 g/mol. The number of ether oxygens (including phenoxy) is 2. The number of esters is 2. The molecule has 0 rings (SSSR count). The molecule has 0 fully saturated rings. The molecule has 0 bridgehead atoms. The first-order valence-electron chi connectivity index (χ1n) is 12.9. The zero-order valence-electron chi connectivity index (χ0n) is 22.6. The van der Waals surface area contributed by atoms with Crippen LogP contribution in [-0.4, -0.2) is 133 Å². The van der Waals surface area contributed by atoms with Crippen molar-refractivity contribution in [3.05, 3.63) is 0 Å². The van der Waals surface area contributed by atoms with Gasteiger partial charge >= 0.3 is 11.9 Å². The van der Waals surface area contributed by atoms with Crippen LogP contribution in [0.2, 0.25) is 0 Å². The van der Waals surface area contributed by atoms with E-state index in [2.05, 4.69) is 0 Å². The van der Waals surface area contributed by atoms with Gasteiger partial charge in [0.2, 0.25) is 0 Å². The molecule has 1 unspecified atom stereocenters. The Bertz CT molecular complexity index is 605. The zero-order valence-corrected chi connectivity index (χ0v) is 28.3. The van der Waals surface area contributed by atoms with Crippen LogP contribution in [-0.2, 0) is 35.0 Å². The largest absolute Gasteiger partial charge is 0.616 e. The second-order valence-corrected chi connectivity index (χ2v) is 16.6. The van der Waals surface area contributed by atoms with Crippen LogP contribution >= 0.6 is 70.6 Å². The molecule has 0 aliphatic carbocycles. The minimum absolute atomic E-state index is 0.131. The number of carbonyl (C=O) groups is 3. The van der Waals surface area contributed by atoms with Crippen LogP contribution in [0.15, 0.2) is 0 Å². The highest BCUT2D eigenvalue weighted by Crippen LogP contribution is 2.14. The maximum Gasteiger partial charge on any atom is 0.306 e. The van der Waals surface area contributed by atoms with E-state index in [-0.39, 0.29) is 30.3 Å². The second kappa shape index (κ2) is 31.9. The van der Waals surface area contributed by atoms with E-state index in [1.165, 1.54) is 11.8 Å². The number of hydrogen-bond acceptors (Lipinski definition) is 14. The fourth-order valence-electron chi connectivity index (χ4n) is 2.54. The standard InChI is InChI=1S/C24H44O8S7/c25-5-13-35-15-7-31-22(27)2-10-33-9-1-20-39(30)21-19-37-17-18-38-24(29)4-12-34-11-3-23(28)32-8-16-36-14-6-26/h25-26H,1-21H2. The lowest BCUT2D eigenvalue weighted by Gasteiger charge is -2.10. The summed E-state index contributed by atoms with van der Waals surface area (Å²) in [5.74, 6) is 8.99. The fourth-order valence-corrected chi connectivity index (χ4v) is 9.00. The highest BCUT2D eigenvalue weighted by molar-refractivity contribution is 8.14. The van der Waals surface area contributed by atoms with Gasteiger partial charge in [-0.2, -0.15) is 58.8 Å². The summed E-state index contributed by atoms with van der Waals surface area (Å²) in [6.45, 7) is 1.02. The van der Waals surface area contributed by atoms with E-state index in [4.69, 9.17) is 19.7 Å². The predicted octanol–water partition coefficient (Wildman–Crippen LogP) is 3.29. The Balaban J connectivity index is 3.41. The molecule has 0 spiro atoms. The first-order valence-corrected chi connectivity index (χ1v) is 21.2. The molecule has 0 aromatic carbocycles. The van der Waals surface area contributed by atoms with E-state index in [9.17, 15) is 18.9 Å². The zero-order chi connectivity index (χ0) is 28.8. The summed E-state index contributed by atoms with van der Waals surface area (Å²) in [6.07, 6.45) is 2.08. The summed E-state index contributed by atoms with van der Waals surface area (Å²) >= 11 is 8.60. The van der Waals surface area contributed by atoms with Crippen LogP contribution in [0.4, 0.5) is 0 Å². The number of carbonyl (C=O) groups excluding carboxylic acids is 3. The molecular formula is C24H44O8S7. The Kier molecular flexibility index (Phi) is 32.6. The quantitative estimate of drug-likeness (QED) is 0.0678. The van der Waals surface area contributed by atoms with Crippen molar-refractivity contribution in [2.45, 2.75) is 25.7 Å². The summed E-state index contributed by atoms with van der Waals surface area (Å²) in [4.78, 5) is 35.2. The van der Waals surface area contributed by atoms with Gasteiger partial charge in [0.25, 0.3) is 0 Å². The van der Waals surface area contributed by atoms with Gasteiger partial charge in [-0.3, -0.25) is 14.4 Å². The fraction of sp³-hybridized carbons (Fsp3) is 0.875. The molecule has 0 aliphatic rings. The maximum absolute atomic E-state index is 12.1. The van der Waals surface area contributed by atoms with Crippen LogP contribution in [0.1, 0.15) is 25.7 Å². The molecule has 230 valence electrons. The Labute approximate surface area is 262 Å². The molecule has 2 N–H and O–H groups in total. The topological polar surface area (TPSA) is 133 Å². The van der Waals surface area contributed by atoms with Crippen molar-refractivity contribution in [2.24, 2.45) is 0 Å². The van der Waals surface area contributed by atoms with Crippen LogP contribution in [0.25, 0.3) is 0 Å². The molecule has 0 radical (unpaired) electrons. The van der Waals surface area contributed by atoms with Gasteiger partial charge in [0.05, 0.1) is 26.1 Å². The normalized spacial score (nSPS) is 11.9. The van der Waals surface area contributed by atoms with Crippen LogP contribution < -0.4 is 0 Å². The molecule has 1 atom stereocenters. The summed E-state index contributed by atoms with van der Waals surface area (Å²) < 4.78 is 22.3. The van der Waals surface area contributed by atoms with Gasteiger partial charge in [-0.05, 0) is 5.75 Å². The first kappa shape index (κ1) is 39.9. The van der Waals surface area contributed by atoms with E-state index in [0.29, 0.717) is 84.3 Å². The van der Waals surface area contributed by atoms with Crippen molar-refractivity contribution < 1.29 is 38.6 Å². The molecule has 0 aliphatic heterocycles. The van der Waals surface area contributed by atoms with Crippen molar-refractivity contribution in [3.63, 3.8) is 0 Å². The van der Waals surface area contributed by atoms with Crippen molar-refractivity contribution in [1.29, 1.82) is 0 Å². The van der Waals surface area contributed by atoms with Gasteiger partial charge in [0, 0.05) is 70.4 Å². The molecule has 0 saturated heterocycles. The average molecular weight is 685 g/mol. The summed E-state index contributed by atoms with van der Waals surface area (Å²) in [5, 5.41) is 17.5. The predicted molar refractivity (Wildman–Crippen MR) is 177 cm³/mol. The molecule has 15 heteroatoms. The molecule has 0 heterocycles. The van der Waals surface area contributed by atoms with E-state index < -0.39 is 11.2 Å². The monoisotopic (exact) mass is 684 g/mol. The second-order valence-electron chi connectivity index (χ2n) is 7.62. The molecule has 8 nitrogen and oxygen atoms in total. The number of thioether (sulfide) groups is 6. The van der Waals surface area contributed by atoms with Crippen molar-refractivity contribution in [3.8, 4) is 0 Å². The number of aliphatic hydroxyl groups is 2. The molecule has 0 amide bonds. The highest BCUT2D eigenvalue weighted by Gasteiger charge is 2.09. The van der Waals surface area contributed by atoms with Crippen molar-refractivity contribution in [1.82, 2.24) is 0 Å². The van der Waals surface area contributed by atoms with Gasteiger partial charge in [-0.25, -0.2) is 0 Å². The van der Waals surface area contributed by atoms with E-state index in [1.807, 2.05) is 0 Å². The lowest BCUT2D eigenvalue weighted by Crippen LogP contribution is -2.14. The number of hydrogen-bond donors (Lipinski definition) is 2. The van der Waals surface area contributed by atoms with E-state index >= 15 is 0 Å². The molecule has 0 aromatic heterocycles. The van der Waals surface area contributed by atoms with Crippen LogP contribution in [0.5, 0.6) is 0 Å². The summed E-state index contributed by atoms with van der Waals surface area (Å²) in [5.41, 5.74) is 0. The highest BCUT2D eigenvalue weighted by atomic mass is 32.2. The lowest BCUT2D eigenvalue weighted by atomic mass is 10.5. The van der Waals surface area contributed by atoms with Gasteiger partial charge in [-0.1, -0.05) is 22.9 Å². The number of aliphatic hydroxyl groups excluding tert-OH is 2. The minimum Gasteiger partial charge on any atom is -0.616 e. The van der Waals surface area contributed by atoms with E-state index in [1.54, 1.807) is 58.8 Å². The summed E-state index contributed by atoms with van der Waals surface area (Å²) in [7, 11) is 0. The third-order valence-electron chi connectivity index (χ3n) is 4.41. The Morgan fingerprint density at radius 1 is 0.590 bits per heavy atom. The number of rotatable bonds is 29. The average Bonchev–Trinajstić information content (AvgIpc) is 2.92.